The molecule has 0 aromatic carbocycles. The molecular formula is C35H71N3O2. The molecule has 0 heterocycles. The van der Waals surface area contributed by atoms with Gasteiger partial charge in [-0.2, -0.15) is 0 Å². The number of carbonyl (C=O) groups excluding carboxylic acids is 2. The Morgan fingerprint density at radius 1 is 0.475 bits per heavy atom. The predicted octanol–water partition coefficient (Wildman–Crippen LogP) is 10.2. The highest BCUT2D eigenvalue weighted by molar-refractivity contribution is 5.86. The first-order valence-electron chi connectivity index (χ1n) is 17.8. The Labute approximate surface area is 250 Å². The summed E-state index contributed by atoms with van der Waals surface area (Å²) in [6.07, 6.45) is 32.1. The van der Waals surface area contributed by atoms with Crippen molar-refractivity contribution in [1.82, 2.24) is 16.0 Å². The second-order valence-electron chi connectivity index (χ2n) is 12.7. The van der Waals surface area contributed by atoms with Crippen LogP contribution in [0.2, 0.25) is 0 Å². The lowest BCUT2D eigenvalue weighted by Crippen LogP contribution is -2.50. The molecule has 0 aliphatic rings. The van der Waals surface area contributed by atoms with Crippen LogP contribution in [0.5, 0.6) is 0 Å². The maximum Gasteiger partial charge on any atom is 0.315 e. The van der Waals surface area contributed by atoms with E-state index in [0.717, 1.165) is 25.7 Å². The minimum Gasteiger partial charge on any atom is -0.354 e. The maximum absolute atomic E-state index is 12.7. The molecule has 0 saturated carbocycles. The third kappa shape index (κ3) is 28.3. The second kappa shape index (κ2) is 30.7. The molecule has 0 fully saturated rings. The summed E-state index contributed by atoms with van der Waals surface area (Å²) in [6.45, 7) is 10.1. The Hall–Kier alpha value is -1.26. The summed E-state index contributed by atoms with van der Waals surface area (Å²) in [7, 11) is 0. The smallest absolute Gasteiger partial charge is 0.315 e. The summed E-state index contributed by atoms with van der Waals surface area (Å²) in [4.78, 5) is 25.2. The van der Waals surface area contributed by atoms with Gasteiger partial charge >= 0.3 is 6.03 Å². The van der Waals surface area contributed by atoms with E-state index < -0.39 is 6.04 Å². The van der Waals surface area contributed by atoms with Gasteiger partial charge in [0.1, 0.15) is 6.04 Å². The van der Waals surface area contributed by atoms with E-state index in [2.05, 4.69) is 43.6 Å². The quantitative estimate of drug-likeness (QED) is 0.0758. The Bertz CT molecular complexity index is 553. The Kier molecular flexibility index (Phi) is 29.7. The number of rotatable bonds is 30. The van der Waals surface area contributed by atoms with Crippen LogP contribution in [0.4, 0.5) is 4.79 Å². The standard InChI is InChI=1S/C35H71N3O2/c1-5-7-9-11-13-15-17-18-19-20-22-24-26-28-30-37-35(40)38-33(31-32(3)4)34(39)36-29-27-25-23-21-16-14-12-10-8-6-2/h32-33H,5-31H2,1-4H3,(H,36,39)(H2,37,38,40). The molecule has 0 saturated heterocycles. The number of urea groups is 1. The summed E-state index contributed by atoms with van der Waals surface area (Å²) in [5, 5.41) is 8.95. The van der Waals surface area contributed by atoms with Gasteiger partial charge in [0.15, 0.2) is 0 Å². The largest absolute Gasteiger partial charge is 0.354 e. The average Bonchev–Trinajstić information content (AvgIpc) is 2.93. The fourth-order valence-corrected chi connectivity index (χ4v) is 5.38. The third-order valence-electron chi connectivity index (χ3n) is 7.97. The van der Waals surface area contributed by atoms with Gasteiger partial charge in [0.25, 0.3) is 0 Å². The van der Waals surface area contributed by atoms with Crippen LogP contribution in [-0.2, 0) is 4.79 Å². The van der Waals surface area contributed by atoms with Gasteiger partial charge in [-0.05, 0) is 25.2 Å². The summed E-state index contributed by atoms with van der Waals surface area (Å²) < 4.78 is 0. The fraction of sp³-hybridized carbons (Fsp3) is 0.943. The van der Waals surface area contributed by atoms with Crippen LogP contribution < -0.4 is 16.0 Å². The molecule has 5 heteroatoms. The lowest BCUT2D eigenvalue weighted by molar-refractivity contribution is -0.123. The van der Waals surface area contributed by atoms with Gasteiger partial charge in [0.2, 0.25) is 5.91 Å². The van der Waals surface area contributed by atoms with Crippen molar-refractivity contribution in [2.75, 3.05) is 13.1 Å². The van der Waals surface area contributed by atoms with Gasteiger partial charge in [0, 0.05) is 13.1 Å². The van der Waals surface area contributed by atoms with E-state index in [1.165, 1.54) is 128 Å². The lowest BCUT2D eigenvalue weighted by atomic mass is 10.0. The summed E-state index contributed by atoms with van der Waals surface area (Å²) >= 11 is 0. The highest BCUT2D eigenvalue weighted by Crippen LogP contribution is 2.13. The molecular weight excluding hydrogens is 494 g/mol. The summed E-state index contributed by atoms with van der Waals surface area (Å²) in [5.41, 5.74) is 0. The van der Waals surface area contributed by atoms with Gasteiger partial charge < -0.3 is 16.0 Å². The lowest BCUT2D eigenvalue weighted by Gasteiger charge is -2.20. The van der Waals surface area contributed by atoms with Crippen molar-refractivity contribution in [2.24, 2.45) is 5.92 Å². The Morgan fingerprint density at radius 3 is 1.15 bits per heavy atom. The number of nitrogens with one attached hydrogen (secondary N) is 3. The van der Waals surface area contributed by atoms with Crippen molar-refractivity contribution in [2.45, 2.75) is 194 Å². The first kappa shape index (κ1) is 38.7. The fourth-order valence-electron chi connectivity index (χ4n) is 5.38. The van der Waals surface area contributed by atoms with E-state index in [-0.39, 0.29) is 11.9 Å². The van der Waals surface area contributed by atoms with Gasteiger partial charge in [-0.25, -0.2) is 4.79 Å². The van der Waals surface area contributed by atoms with Gasteiger partial charge in [0.05, 0.1) is 0 Å². The molecule has 238 valence electrons. The Morgan fingerprint density at radius 2 is 0.800 bits per heavy atom. The maximum atomic E-state index is 12.7. The van der Waals surface area contributed by atoms with Crippen LogP contribution in [-0.4, -0.2) is 31.1 Å². The number of unbranched alkanes of at least 4 members (excludes halogenated alkanes) is 22. The molecule has 0 aliphatic heterocycles. The SMILES string of the molecule is CCCCCCCCCCCCCCCCNC(=O)NC(CC(C)C)C(=O)NCCCCCCCCCCCC. The molecule has 3 N–H and O–H groups in total. The molecule has 1 unspecified atom stereocenters. The van der Waals surface area contributed by atoms with E-state index in [1.54, 1.807) is 0 Å². The van der Waals surface area contributed by atoms with E-state index in [1.807, 2.05) is 0 Å². The van der Waals surface area contributed by atoms with E-state index >= 15 is 0 Å². The van der Waals surface area contributed by atoms with Crippen molar-refractivity contribution >= 4 is 11.9 Å². The molecule has 0 rings (SSSR count). The second-order valence-corrected chi connectivity index (χ2v) is 12.7. The van der Waals surface area contributed by atoms with E-state index in [0.29, 0.717) is 25.4 Å². The normalized spacial score (nSPS) is 12.0. The summed E-state index contributed by atoms with van der Waals surface area (Å²) in [5.74, 6) is 0.301. The molecule has 0 aromatic rings. The van der Waals surface area contributed by atoms with Crippen LogP contribution in [0.15, 0.2) is 0 Å². The van der Waals surface area contributed by atoms with Crippen LogP contribution >= 0.6 is 0 Å². The van der Waals surface area contributed by atoms with Crippen molar-refractivity contribution < 1.29 is 9.59 Å². The van der Waals surface area contributed by atoms with Crippen molar-refractivity contribution in [3.05, 3.63) is 0 Å². The van der Waals surface area contributed by atoms with E-state index in [9.17, 15) is 9.59 Å². The molecule has 0 aromatic heterocycles. The highest BCUT2D eigenvalue weighted by atomic mass is 16.2. The summed E-state index contributed by atoms with van der Waals surface area (Å²) in [6, 6.07) is -0.672. The molecule has 40 heavy (non-hydrogen) atoms. The van der Waals surface area contributed by atoms with Crippen molar-refractivity contribution in [3.63, 3.8) is 0 Å². The van der Waals surface area contributed by atoms with Crippen LogP contribution in [0.25, 0.3) is 0 Å². The van der Waals surface area contributed by atoms with Crippen LogP contribution in [0, 0.1) is 5.92 Å². The van der Waals surface area contributed by atoms with Gasteiger partial charge in [-0.3, -0.25) is 4.79 Å². The molecule has 1 atom stereocenters. The molecule has 0 bridgehead atoms. The highest BCUT2D eigenvalue weighted by Gasteiger charge is 2.21. The molecule has 0 aliphatic carbocycles. The number of amides is 3. The third-order valence-corrected chi connectivity index (χ3v) is 7.97. The topological polar surface area (TPSA) is 70.2 Å². The first-order chi connectivity index (χ1) is 19.5. The minimum atomic E-state index is -0.459. The zero-order valence-electron chi connectivity index (χ0n) is 27.6. The predicted molar refractivity (Wildman–Crippen MR) is 175 cm³/mol. The minimum absolute atomic E-state index is 0.0451. The van der Waals surface area contributed by atoms with E-state index in [4.69, 9.17) is 0 Å². The average molecular weight is 566 g/mol. The monoisotopic (exact) mass is 566 g/mol. The zero-order valence-corrected chi connectivity index (χ0v) is 27.6. The molecule has 3 amide bonds. The molecule has 5 nitrogen and oxygen atoms in total. The number of hydrogen-bond acceptors (Lipinski definition) is 2. The first-order valence-corrected chi connectivity index (χ1v) is 17.8. The number of carbonyl (C=O) groups is 2. The molecule has 0 spiro atoms. The Balaban J connectivity index is 3.77. The number of hydrogen-bond donors (Lipinski definition) is 3. The van der Waals surface area contributed by atoms with Crippen LogP contribution in [0.1, 0.15) is 188 Å². The molecule has 0 radical (unpaired) electrons. The van der Waals surface area contributed by atoms with Crippen molar-refractivity contribution in [3.8, 4) is 0 Å². The zero-order chi connectivity index (χ0) is 29.5. The van der Waals surface area contributed by atoms with Crippen molar-refractivity contribution in [1.29, 1.82) is 0 Å². The van der Waals surface area contributed by atoms with Gasteiger partial charge in [-0.15, -0.1) is 0 Å². The van der Waals surface area contributed by atoms with Gasteiger partial charge in [-0.1, -0.05) is 169 Å². The van der Waals surface area contributed by atoms with Crippen LogP contribution in [0.3, 0.4) is 0 Å².